The van der Waals surface area contributed by atoms with Crippen LogP contribution in [0.1, 0.15) is 36.9 Å². The fraction of sp³-hybridized carbons (Fsp3) is 0.0606. The second kappa shape index (κ2) is 10.2. The molecule has 1 amide bonds. The maximum Gasteiger partial charge on any atom is 0.258 e. The maximum absolute atomic E-state index is 13.8. The molecule has 2 aromatic heterocycles. The molecule has 5 nitrogen and oxygen atoms in total. The molecule has 3 N–H and O–H groups in total. The van der Waals surface area contributed by atoms with Gasteiger partial charge in [0, 0.05) is 27.2 Å². The number of pyridine rings is 1. The Labute approximate surface area is 240 Å². The first-order valence-electron chi connectivity index (χ1n) is 12.7. The Kier molecular flexibility index (Phi) is 6.58. The van der Waals surface area contributed by atoms with E-state index in [1.165, 1.54) is 11.3 Å². The number of hydrogen-bond acceptors (Lipinski definition) is 5. The first kappa shape index (κ1) is 25.7. The van der Waals surface area contributed by atoms with E-state index in [4.69, 9.17) is 22.3 Å². The van der Waals surface area contributed by atoms with Crippen LogP contribution in [0.3, 0.4) is 0 Å². The van der Waals surface area contributed by atoms with Gasteiger partial charge in [0.15, 0.2) is 0 Å². The van der Waals surface area contributed by atoms with Crippen LogP contribution in [-0.2, 0) is 0 Å². The zero-order chi connectivity index (χ0) is 28.0. The number of halogens is 1. The summed E-state index contributed by atoms with van der Waals surface area (Å²) in [5.41, 5.74) is 11.4. The van der Waals surface area contributed by atoms with Gasteiger partial charge in [-0.2, -0.15) is 0 Å². The summed E-state index contributed by atoms with van der Waals surface area (Å²) in [6.45, 7) is 3.73. The molecular formula is C33H24ClN3O2S. The summed E-state index contributed by atoms with van der Waals surface area (Å²) >= 11 is 7.63. The van der Waals surface area contributed by atoms with Crippen molar-refractivity contribution < 1.29 is 9.59 Å². The highest BCUT2D eigenvalue weighted by Gasteiger charge is 2.27. The molecule has 0 saturated carbocycles. The number of aromatic nitrogens is 1. The SMILES string of the molecule is Cc1ccccc1NC(=O)c1c(C)nc2sc(C(=O)c3ccc4ccccc4c3)c(N)c2c1-c1cccc(Cl)c1. The summed E-state index contributed by atoms with van der Waals surface area (Å²) in [5, 5.41) is 6.14. The largest absolute Gasteiger partial charge is 0.397 e. The smallest absolute Gasteiger partial charge is 0.258 e. The first-order chi connectivity index (χ1) is 19.3. The summed E-state index contributed by atoms with van der Waals surface area (Å²) in [4.78, 5) is 33.3. The predicted octanol–water partition coefficient (Wildman–Crippen LogP) is 8.45. The highest BCUT2D eigenvalue weighted by molar-refractivity contribution is 7.21. The van der Waals surface area contributed by atoms with Gasteiger partial charge >= 0.3 is 0 Å². The Morgan fingerprint density at radius 2 is 1.62 bits per heavy atom. The number of ketones is 1. The van der Waals surface area contributed by atoms with E-state index in [-0.39, 0.29) is 11.7 Å². The molecule has 0 atom stereocenters. The van der Waals surface area contributed by atoms with Crippen molar-refractivity contribution in [1.82, 2.24) is 4.98 Å². The average molecular weight is 562 g/mol. The minimum Gasteiger partial charge on any atom is -0.397 e. The molecular weight excluding hydrogens is 538 g/mol. The first-order valence-corrected chi connectivity index (χ1v) is 13.9. The number of aryl methyl sites for hydroxylation is 2. The van der Waals surface area contributed by atoms with Crippen molar-refractivity contribution in [2.45, 2.75) is 13.8 Å². The van der Waals surface area contributed by atoms with Crippen LogP contribution in [0, 0.1) is 13.8 Å². The zero-order valence-electron chi connectivity index (χ0n) is 21.8. The number of anilines is 2. The Balaban J connectivity index is 1.56. The van der Waals surface area contributed by atoms with Crippen LogP contribution in [0.5, 0.6) is 0 Å². The lowest BCUT2D eigenvalue weighted by Crippen LogP contribution is -2.16. The molecule has 0 bridgehead atoms. The number of rotatable bonds is 5. The molecule has 0 aliphatic heterocycles. The lowest BCUT2D eigenvalue weighted by molar-refractivity contribution is 0.102. The molecule has 0 radical (unpaired) electrons. The van der Waals surface area contributed by atoms with Gasteiger partial charge in [-0.15, -0.1) is 11.3 Å². The number of benzene rings is 4. The van der Waals surface area contributed by atoms with Gasteiger partial charge in [0.05, 0.1) is 16.9 Å². The summed E-state index contributed by atoms with van der Waals surface area (Å²) in [6.07, 6.45) is 0. The van der Waals surface area contributed by atoms with Crippen molar-refractivity contribution in [1.29, 1.82) is 0 Å². The van der Waals surface area contributed by atoms with Gasteiger partial charge in [-0.25, -0.2) is 4.98 Å². The summed E-state index contributed by atoms with van der Waals surface area (Å²) in [7, 11) is 0. The van der Waals surface area contributed by atoms with Gasteiger partial charge in [0.2, 0.25) is 5.78 Å². The van der Waals surface area contributed by atoms with Crippen molar-refractivity contribution in [3.8, 4) is 11.1 Å². The summed E-state index contributed by atoms with van der Waals surface area (Å²) < 4.78 is 0. The maximum atomic E-state index is 13.8. The van der Waals surface area contributed by atoms with E-state index in [1.807, 2.05) is 85.8 Å². The number of carbonyl (C=O) groups is 2. The molecule has 0 aliphatic rings. The molecule has 4 aromatic carbocycles. The number of amides is 1. The number of nitrogens with one attached hydrogen (secondary N) is 1. The monoisotopic (exact) mass is 561 g/mol. The normalized spacial score (nSPS) is 11.2. The van der Waals surface area contributed by atoms with Crippen LogP contribution in [0.4, 0.5) is 11.4 Å². The fourth-order valence-electron chi connectivity index (χ4n) is 5.00. The molecule has 0 spiro atoms. The predicted molar refractivity (Wildman–Crippen MR) is 166 cm³/mol. The van der Waals surface area contributed by atoms with Crippen molar-refractivity contribution in [3.63, 3.8) is 0 Å². The van der Waals surface area contributed by atoms with Crippen molar-refractivity contribution in [2.75, 3.05) is 11.1 Å². The van der Waals surface area contributed by atoms with E-state index in [0.717, 1.165) is 16.3 Å². The van der Waals surface area contributed by atoms with Crippen LogP contribution < -0.4 is 11.1 Å². The second-order valence-corrected chi connectivity index (χ2v) is 11.1. The average Bonchev–Trinajstić information content (AvgIpc) is 3.28. The van der Waals surface area contributed by atoms with E-state index in [0.29, 0.717) is 59.4 Å². The van der Waals surface area contributed by atoms with Crippen molar-refractivity contribution >= 4 is 67.0 Å². The third kappa shape index (κ3) is 4.51. The minimum atomic E-state index is -0.316. The van der Waals surface area contributed by atoms with Gasteiger partial charge < -0.3 is 11.1 Å². The Morgan fingerprint density at radius 1 is 0.875 bits per heavy atom. The lowest BCUT2D eigenvalue weighted by atomic mass is 9.94. The zero-order valence-corrected chi connectivity index (χ0v) is 23.4. The third-order valence-corrected chi connectivity index (χ3v) is 8.34. The van der Waals surface area contributed by atoms with Gasteiger partial charge in [-0.1, -0.05) is 78.3 Å². The third-order valence-electron chi connectivity index (χ3n) is 7.01. The number of thiophene rings is 1. The molecule has 0 aliphatic carbocycles. The number of carbonyl (C=O) groups excluding carboxylic acids is 2. The van der Waals surface area contributed by atoms with Gasteiger partial charge in [-0.05, 0) is 60.0 Å². The van der Waals surface area contributed by atoms with Crippen molar-refractivity contribution in [3.05, 3.63) is 123 Å². The number of nitrogens with two attached hydrogens (primary N) is 1. The number of hydrogen-bond donors (Lipinski definition) is 2. The number of para-hydroxylation sites is 1. The molecule has 6 rings (SSSR count). The topological polar surface area (TPSA) is 85.1 Å². The highest BCUT2D eigenvalue weighted by atomic mass is 35.5. The van der Waals surface area contributed by atoms with Crippen LogP contribution in [0.25, 0.3) is 32.1 Å². The van der Waals surface area contributed by atoms with Crippen LogP contribution in [-0.4, -0.2) is 16.7 Å². The minimum absolute atomic E-state index is 0.188. The number of nitrogen functional groups attached to an aromatic ring is 1. The van der Waals surface area contributed by atoms with E-state index in [2.05, 4.69) is 5.32 Å². The summed E-state index contributed by atoms with van der Waals surface area (Å²) in [6, 6.07) is 28.4. The van der Waals surface area contributed by atoms with E-state index in [9.17, 15) is 9.59 Å². The molecule has 0 saturated heterocycles. The Bertz CT molecular complexity index is 1980. The van der Waals surface area contributed by atoms with Gasteiger partial charge in [0.1, 0.15) is 9.71 Å². The van der Waals surface area contributed by atoms with E-state index < -0.39 is 0 Å². The summed E-state index contributed by atoms with van der Waals surface area (Å²) in [5.74, 6) is -0.504. The molecule has 0 unspecified atom stereocenters. The molecule has 0 fully saturated rings. The molecule has 196 valence electrons. The second-order valence-electron chi connectivity index (χ2n) is 9.64. The molecule has 6 aromatic rings. The Morgan fingerprint density at radius 3 is 2.40 bits per heavy atom. The standard InChI is InChI=1S/C33H24ClN3O2S/c1-18-8-3-6-13-25(18)37-32(39)26-19(2)36-33-28(27(26)22-11-7-12-24(34)17-22)29(35)31(40-33)30(38)23-15-14-20-9-4-5-10-21(20)16-23/h3-17H,35H2,1-2H3,(H,37,39). The molecule has 40 heavy (non-hydrogen) atoms. The molecule has 2 heterocycles. The van der Waals surface area contributed by atoms with Crippen LogP contribution >= 0.6 is 22.9 Å². The van der Waals surface area contributed by atoms with Crippen LogP contribution in [0.15, 0.2) is 91.0 Å². The lowest BCUT2D eigenvalue weighted by Gasteiger charge is -2.16. The fourth-order valence-corrected chi connectivity index (χ4v) is 6.31. The van der Waals surface area contributed by atoms with Crippen molar-refractivity contribution in [2.24, 2.45) is 0 Å². The van der Waals surface area contributed by atoms with E-state index >= 15 is 0 Å². The van der Waals surface area contributed by atoms with Gasteiger partial charge in [-0.3, -0.25) is 9.59 Å². The Hall–Kier alpha value is -4.52. The molecule has 7 heteroatoms. The quantitative estimate of drug-likeness (QED) is 0.207. The number of fused-ring (bicyclic) bond motifs is 2. The van der Waals surface area contributed by atoms with E-state index in [1.54, 1.807) is 19.1 Å². The van der Waals surface area contributed by atoms with Crippen LogP contribution in [0.2, 0.25) is 5.02 Å². The number of nitrogens with zero attached hydrogens (tertiary/aromatic N) is 1. The highest BCUT2D eigenvalue weighted by Crippen LogP contribution is 2.43. The van der Waals surface area contributed by atoms with Gasteiger partial charge in [0.25, 0.3) is 5.91 Å².